The summed E-state index contributed by atoms with van der Waals surface area (Å²) in [5.74, 6) is -0.259. The Morgan fingerprint density at radius 1 is 1.10 bits per heavy atom. The van der Waals surface area contributed by atoms with Crippen LogP contribution in [0.4, 0.5) is 14.5 Å². The highest BCUT2D eigenvalue weighted by Crippen LogP contribution is 2.24. The number of anilines is 1. The fourth-order valence-corrected chi connectivity index (χ4v) is 4.22. The molecule has 6 nitrogen and oxygen atoms in total. The average Bonchev–Trinajstić information content (AvgIpc) is 3.21. The van der Waals surface area contributed by atoms with Crippen molar-refractivity contribution < 1.29 is 8.78 Å². The van der Waals surface area contributed by atoms with Gasteiger partial charge in [-0.15, -0.1) is 24.0 Å². The lowest BCUT2D eigenvalue weighted by atomic mass is 10.2. The Kier molecular flexibility index (Phi) is 11.2. The summed E-state index contributed by atoms with van der Waals surface area (Å²) in [6.45, 7) is 11.6. The van der Waals surface area contributed by atoms with Gasteiger partial charge in [-0.1, -0.05) is 6.92 Å². The molecule has 9 heteroatoms. The topological polar surface area (TPSA) is 46.1 Å². The van der Waals surface area contributed by atoms with Gasteiger partial charge >= 0.3 is 0 Å². The van der Waals surface area contributed by atoms with Gasteiger partial charge in [0.1, 0.15) is 11.6 Å². The van der Waals surface area contributed by atoms with Gasteiger partial charge in [-0.25, -0.2) is 8.78 Å². The zero-order valence-corrected chi connectivity index (χ0v) is 21.1. The summed E-state index contributed by atoms with van der Waals surface area (Å²) in [5.41, 5.74) is 0.461. The maximum atomic E-state index is 14.0. The van der Waals surface area contributed by atoms with Crippen molar-refractivity contribution in [2.24, 2.45) is 4.99 Å². The lowest BCUT2D eigenvalue weighted by Crippen LogP contribution is -2.46. The number of piperazine rings is 1. The monoisotopic (exact) mass is 550 g/mol. The molecule has 2 heterocycles. The van der Waals surface area contributed by atoms with E-state index in [-0.39, 0.29) is 30.0 Å². The summed E-state index contributed by atoms with van der Waals surface area (Å²) < 4.78 is 27.2. The van der Waals surface area contributed by atoms with Crippen molar-refractivity contribution in [1.29, 1.82) is 0 Å². The van der Waals surface area contributed by atoms with Crippen LogP contribution in [-0.2, 0) is 0 Å². The fourth-order valence-electron chi connectivity index (χ4n) is 4.22. The van der Waals surface area contributed by atoms with Crippen LogP contribution in [0.15, 0.2) is 23.2 Å². The lowest BCUT2D eigenvalue weighted by molar-refractivity contribution is 0.136. The lowest BCUT2D eigenvalue weighted by Gasteiger charge is -2.34. The molecule has 0 spiro atoms. The highest BCUT2D eigenvalue weighted by molar-refractivity contribution is 14.0. The molecule has 3 rings (SSSR count). The van der Waals surface area contributed by atoms with Crippen LogP contribution >= 0.6 is 24.0 Å². The average molecular weight is 550 g/mol. The van der Waals surface area contributed by atoms with Crippen LogP contribution in [0.1, 0.15) is 26.2 Å². The van der Waals surface area contributed by atoms with Crippen molar-refractivity contribution in [2.75, 3.05) is 70.9 Å². The smallest absolute Gasteiger partial charge is 0.191 e. The predicted octanol–water partition coefficient (Wildman–Crippen LogP) is 2.74. The molecule has 0 aliphatic carbocycles. The van der Waals surface area contributed by atoms with Crippen molar-refractivity contribution in [3.8, 4) is 0 Å². The number of rotatable bonds is 8. The molecule has 1 unspecified atom stereocenters. The first-order valence-electron chi connectivity index (χ1n) is 11.2. The van der Waals surface area contributed by atoms with Gasteiger partial charge < -0.3 is 25.3 Å². The molecule has 0 saturated carbocycles. The first-order chi connectivity index (χ1) is 14.6. The van der Waals surface area contributed by atoms with E-state index in [1.165, 1.54) is 44.7 Å². The fraction of sp³-hybridized carbons (Fsp3) is 0.682. The molecule has 0 aromatic heterocycles. The van der Waals surface area contributed by atoms with E-state index in [2.05, 4.69) is 32.3 Å². The Labute approximate surface area is 202 Å². The molecule has 31 heavy (non-hydrogen) atoms. The van der Waals surface area contributed by atoms with Gasteiger partial charge in [-0.05, 0) is 44.5 Å². The second-order valence-electron chi connectivity index (χ2n) is 8.15. The van der Waals surface area contributed by atoms with Gasteiger partial charge in [0.2, 0.25) is 0 Å². The third-order valence-corrected chi connectivity index (χ3v) is 6.11. The minimum Gasteiger partial charge on any atom is -0.367 e. The molecule has 2 fully saturated rings. The van der Waals surface area contributed by atoms with E-state index in [9.17, 15) is 8.78 Å². The van der Waals surface area contributed by atoms with Crippen LogP contribution in [0.3, 0.4) is 0 Å². The van der Waals surface area contributed by atoms with Gasteiger partial charge in [0, 0.05) is 65.0 Å². The molecule has 1 aromatic carbocycles. The quantitative estimate of drug-likeness (QED) is 0.226. The molecular weight excluding hydrogens is 513 g/mol. The minimum atomic E-state index is -0.544. The Morgan fingerprint density at radius 3 is 2.52 bits per heavy atom. The molecule has 0 amide bonds. The third kappa shape index (κ3) is 8.02. The Bertz CT molecular complexity index is 697. The third-order valence-electron chi connectivity index (χ3n) is 6.11. The maximum Gasteiger partial charge on any atom is 0.191 e. The van der Waals surface area contributed by atoms with E-state index in [0.29, 0.717) is 12.2 Å². The molecule has 0 radical (unpaired) electrons. The first-order valence-corrected chi connectivity index (χ1v) is 11.2. The summed E-state index contributed by atoms with van der Waals surface area (Å²) in [6, 6.07) is 3.96. The standard InChI is InChI=1S/C22H36F2N6.HI/c1-3-28-12-14-29(15-13-28)10-5-4-9-26-22(25-2)27-19-8-11-30(17-19)21-7-6-18(23)16-20(21)24;/h6-7,16,19H,3-5,8-15,17H2,1-2H3,(H2,25,26,27);1H. The predicted molar refractivity (Wildman–Crippen MR) is 135 cm³/mol. The molecule has 1 aromatic rings. The number of benzene rings is 1. The van der Waals surface area contributed by atoms with Gasteiger partial charge in [0.15, 0.2) is 5.96 Å². The first kappa shape index (κ1) is 26.1. The molecule has 0 bridgehead atoms. The molecule has 1 atom stereocenters. The Morgan fingerprint density at radius 2 is 1.84 bits per heavy atom. The summed E-state index contributed by atoms with van der Waals surface area (Å²) in [7, 11) is 1.77. The van der Waals surface area contributed by atoms with Crippen LogP contribution in [0.25, 0.3) is 0 Å². The number of nitrogens with one attached hydrogen (secondary N) is 2. The van der Waals surface area contributed by atoms with Crippen molar-refractivity contribution in [1.82, 2.24) is 20.4 Å². The highest BCUT2D eigenvalue weighted by Gasteiger charge is 2.25. The molecule has 2 saturated heterocycles. The van der Waals surface area contributed by atoms with Gasteiger partial charge in [-0.3, -0.25) is 4.99 Å². The van der Waals surface area contributed by atoms with Crippen LogP contribution in [0.2, 0.25) is 0 Å². The number of halogens is 3. The molecule has 2 aliphatic heterocycles. The van der Waals surface area contributed by atoms with Crippen LogP contribution < -0.4 is 15.5 Å². The van der Waals surface area contributed by atoms with Gasteiger partial charge in [0.25, 0.3) is 0 Å². The van der Waals surface area contributed by atoms with E-state index in [4.69, 9.17) is 0 Å². The summed E-state index contributed by atoms with van der Waals surface area (Å²) in [5, 5.41) is 6.83. The van der Waals surface area contributed by atoms with E-state index >= 15 is 0 Å². The van der Waals surface area contributed by atoms with Gasteiger partial charge in [-0.2, -0.15) is 0 Å². The minimum absolute atomic E-state index is 0. The number of hydrogen-bond donors (Lipinski definition) is 2. The Balaban J connectivity index is 0.00000341. The van der Waals surface area contributed by atoms with E-state index in [0.717, 1.165) is 51.0 Å². The number of guanidine groups is 1. The van der Waals surface area contributed by atoms with Crippen LogP contribution in [0.5, 0.6) is 0 Å². The van der Waals surface area contributed by atoms with E-state index < -0.39 is 11.6 Å². The van der Waals surface area contributed by atoms with Crippen LogP contribution in [-0.4, -0.2) is 87.8 Å². The largest absolute Gasteiger partial charge is 0.367 e. The zero-order chi connectivity index (χ0) is 21.3. The maximum absolute atomic E-state index is 14.0. The van der Waals surface area contributed by atoms with Crippen LogP contribution in [0, 0.1) is 11.6 Å². The molecule has 176 valence electrons. The van der Waals surface area contributed by atoms with Crippen molar-refractivity contribution >= 4 is 35.6 Å². The normalized spacial score (nSPS) is 20.6. The molecule has 2 N–H and O–H groups in total. The summed E-state index contributed by atoms with van der Waals surface area (Å²) >= 11 is 0. The van der Waals surface area contributed by atoms with Crippen molar-refractivity contribution in [3.05, 3.63) is 29.8 Å². The second kappa shape index (κ2) is 13.4. The van der Waals surface area contributed by atoms with E-state index in [1.807, 2.05) is 4.90 Å². The number of unbranched alkanes of at least 4 members (excludes halogenated alkanes) is 1. The van der Waals surface area contributed by atoms with Crippen molar-refractivity contribution in [3.63, 3.8) is 0 Å². The van der Waals surface area contributed by atoms with Gasteiger partial charge in [0.05, 0.1) is 5.69 Å². The SMILES string of the molecule is CCN1CCN(CCCCNC(=NC)NC2CCN(c3ccc(F)cc3F)C2)CC1.I. The highest BCUT2D eigenvalue weighted by atomic mass is 127. The number of likely N-dealkylation sites (N-methyl/N-ethyl adjacent to an activating group) is 1. The molecule has 2 aliphatic rings. The van der Waals surface area contributed by atoms with Crippen molar-refractivity contribution in [2.45, 2.75) is 32.2 Å². The number of hydrogen-bond acceptors (Lipinski definition) is 4. The summed E-state index contributed by atoms with van der Waals surface area (Å²) in [4.78, 5) is 11.3. The Hall–Kier alpha value is -1.20. The second-order valence-corrected chi connectivity index (χ2v) is 8.15. The summed E-state index contributed by atoms with van der Waals surface area (Å²) in [6.07, 6.45) is 3.17. The van der Waals surface area contributed by atoms with E-state index in [1.54, 1.807) is 7.05 Å². The molecular formula is C22H37F2IN6. The zero-order valence-electron chi connectivity index (χ0n) is 18.7. The number of aliphatic imine (C=N–C) groups is 1. The number of nitrogens with zero attached hydrogens (tertiary/aromatic N) is 4.